The first kappa shape index (κ1) is 14.8. The fourth-order valence-corrected chi connectivity index (χ4v) is 3.48. The SMILES string of the molecule is CCCc1ccc(C(C)NCc2cc(Br)cs2)cc1. The number of halogens is 1. The molecule has 1 unspecified atom stereocenters. The third-order valence-corrected chi connectivity index (χ3v) is 4.92. The van der Waals surface area contributed by atoms with E-state index in [9.17, 15) is 0 Å². The molecule has 3 heteroatoms. The van der Waals surface area contributed by atoms with Crippen molar-refractivity contribution in [2.24, 2.45) is 0 Å². The molecule has 0 amide bonds. The smallest absolute Gasteiger partial charge is 0.0305 e. The summed E-state index contributed by atoms with van der Waals surface area (Å²) < 4.78 is 1.17. The molecule has 0 saturated carbocycles. The zero-order valence-electron chi connectivity index (χ0n) is 11.4. The molecule has 0 aliphatic carbocycles. The van der Waals surface area contributed by atoms with Gasteiger partial charge in [-0.05, 0) is 46.5 Å². The van der Waals surface area contributed by atoms with E-state index >= 15 is 0 Å². The van der Waals surface area contributed by atoms with Gasteiger partial charge in [0.05, 0.1) is 0 Å². The molecule has 2 aromatic rings. The van der Waals surface area contributed by atoms with Gasteiger partial charge in [0.1, 0.15) is 0 Å². The molecule has 0 radical (unpaired) electrons. The molecule has 0 aliphatic heterocycles. The van der Waals surface area contributed by atoms with Crippen molar-refractivity contribution in [1.82, 2.24) is 5.32 Å². The molecule has 0 fully saturated rings. The standard InChI is InChI=1S/C16H20BrNS/c1-3-4-13-5-7-14(8-6-13)12(2)18-10-16-9-15(17)11-19-16/h5-9,11-12,18H,3-4,10H2,1-2H3. The highest BCUT2D eigenvalue weighted by Gasteiger charge is 2.05. The maximum Gasteiger partial charge on any atom is 0.0305 e. The summed E-state index contributed by atoms with van der Waals surface area (Å²) in [5.41, 5.74) is 2.79. The van der Waals surface area contributed by atoms with Gasteiger partial charge in [-0.3, -0.25) is 0 Å². The summed E-state index contributed by atoms with van der Waals surface area (Å²) in [5.74, 6) is 0. The molecular weight excluding hydrogens is 318 g/mol. The number of hydrogen-bond donors (Lipinski definition) is 1. The molecule has 1 heterocycles. The summed E-state index contributed by atoms with van der Waals surface area (Å²) in [5, 5.41) is 5.70. The van der Waals surface area contributed by atoms with Crippen molar-refractivity contribution in [3.63, 3.8) is 0 Å². The van der Waals surface area contributed by atoms with E-state index in [4.69, 9.17) is 0 Å². The van der Waals surface area contributed by atoms with Crippen molar-refractivity contribution in [2.45, 2.75) is 39.3 Å². The Morgan fingerprint density at radius 2 is 2.00 bits per heavy atom. The number of rotatable bonds is 6. The Hall–Kier alpha value is -0.640. The lowest BCUT2D eigenvalue weighted by atomic mass is 10.0. The summed E-state index contributed by atoms with van der Waals surface area (Å²) in [6, 6.07) is 11.5. The van der Waals surface area contributed by atoms with Gasteiger partial charge in [-0.1, -0.05) is 37.6 Å². The van der Waals surface area contributed by atoms with Crippen molar-refractivity contribution in [1.29, 1.82) is 0 Å². The summed E-state index contributed by atoms with van der Waals surface area (Å²) in [6.07, 6.45) is 2.38. The summed E-state index contributed by atoms with van der Waals surface area (Å²) in [6.45, 7) is 5.36. The van der Waals surface area contributed by atoms with Crippen LogP contribution in [-0.2, 0) is 13.0 Å². The van der Waals surface area contributed by atoms with Gasteiger partial charge in [-0.25, -0.2) is 0 Å². The second-order valence-electron chi connectivity index (χ2n) is 4.83. The molecule has 1 aromatic carbocycles. The van der Waals surface area contributed by atoms with Crippen molar-refractivity contribution in [3.05, 3.63) is 56.2 Å². The lowest BCUT2D eigenvalue weighted by Gasteiger charge is -2.14. The predicted molar refractivity (Wildman–Crippen MR) is 87.7 cm³/mol. The van der Waals surface area contributed by atoms with Crippen LogP contribution in [0.25, 0.3) is 0 Å². The fourth-order valence-electron chi connectivity index (χ4n) is 2.08. The second kappa shape index (κ2) is 7.22. The first-order chi connectivity index (χ1) is 9.19. The summed E-state index contributed by atoms with van der Waals surface area (Å²) in [7, 11) is 0. The van der Waals surface area contributed by atoms with Crippen LogP contribution in [0.2, 0.25) is 0 Å². The van der Waals surface area contributed by atoms with Crippen LogP contribution in [0.15, 0.2) is 40.2 Å². The molecule has 1 aromatic heterocycles. The Morgan fingerprint density at radius 3 is 2.58 bits per heavy atom. The minimum absolute atomic E-state index is 0.386. The molecule has 102 valence electrons. The number of nitrogens with one attached hydrogen (secondary N) is 1. The van der Waals surface area contributed by atoms with E-state index in [0.29, 0.717) is 6.04 Å². The van der Waals surface area contributed by atoms with Gasteiger partial charge in [-0.2, -0.15) is 0 Å². The molecule has 1 N–H and O–H groups in total. The molecule has 0 aliphatic rings. The maximum atomic E-state index is 3.57. The molecule has 2 rings (SSSR count). The van der Waals surface area contributed by atoms with Gasteiger partial charge in [0.25, 0.3) is 0 Å². The second-order valence-corrected chi connectivity index (χ2v) is 6.74. The molecule has 0 saturated heterocycles. The first-order valence-corrected chi connectivity index (χ1v) is 8.41. The minimum Gasteiger partial charge on any atom is -0.305 e. The van der Waals surface area contributed by atoms with Crippen LogP contribution >= 0.6 is 27.3 Å². The molecule has 0 spiro atoms. The fraction of sp³-hybridized carbons (Fsp3) is 0.375. The van der Waals surface area contributed by atoms with Crippen molar-refractivity contribution in [3.8, 4) is 0 Å². The van der Waals surface area contributed by atoms with Crippen LogP contribution in [0.4, 0.5) is 0 Å². The molecule has 19 heavy (non-hydrogen) atoms. The summed E-state index contributed by atoms with van der Waals surface area (Å²) in [4.78, 5) is 1.36. The quantitative estimate of drug-likeness (QED) is 0.752. The highest BCUT2D eigenvalue weighted by Crippen LogP contribution is 2.21. The highest BCUT2D eigenvalue weighted by molar-refractivity contribution is 9.10. The van der Waals surface area contributed by atoms with E-state index < -0.39 is 0 Å². The van der Waals surface area contributed by atoms with Gasteiger partial charge in [-0.15, -0.1) is 11.3 Å². The predicted octanol–water partition coefficient (Wildman–Crippen LogP) is 5.31. The van der Waals surface area contributed by atoms with E-state index in [1.165, 1.54) is 33.3 Å². The monoisotopic (exact) mass is 337 g/mol. The number of thiophene rings is 1. The largest absolute Gasteiger partial charge is 0.305 e. The molecule has 1 nitrogen and oxygen atoms in total. The van der Waals surface area contributed by atoms with Crippen LogP contribution in [0.5, 0.6) is 0 Å². The van der Waals surface area contributed by atoms with Crippen LogP contribution in [0.3, 0.4) is 0 Å². The Morgan fingerprint density at radius 1 is 1.26 bits per heavy atom. The zero-order chi connectivity index (χ0) is 13.7. The minimum atomic E-state index is 0.386. The third kappa shape index (κ3) is 4.44. The average Bonchev–Trinajstić information content (AvgIpc) is 2.83. The van der Waals surface area contributed by atoms with Crippen LogP contribution in [0, 0.1) is 0 Å². The third-order valence-electron chi connectivity index (χ3n) is 3.22. The van der Waals surface area contributed by atoms with Gasteiger partial charge in [0.2, 0.25) is 0 Å². The Kier molecular flexibility index (Phi) is 5.61. The number of aryl methyl sites for hydroxylation is 1. The van der Waals surface area contributed by atoms with Crippen LogP contribution in [-0.4, -0.2) is 0 Å². The van der Waals surface area contributed by atoms with Crippen molar-refractivity contribution < 1.29 is 0 Å². The van der Waals surface area contributed by atoms with Gasteiger partial charge in [0, 0.05) is 27.3 Å². The normalized spacial score (nSPS) is 12.6. The van der Waals surface area contributed by atoms with Crippen molar-refractivity contribution >= 4 is 27.3 Å². The van der Waals surface area contributed by atoms with Crippen LogP contribution in [0.1, 0.15) is 42.3 Å². The lowest BCUT2D eigenvalue weighted by Crippen LogP contribution is -2.17. The Balaban J connectivity index is 1.90. The van der Waals surface area contributed by atoms with Gasteiger partial charge in [0.15, 0.2) is 0 Å². The zero-order valence-corrected chi connectivity index (χ0v) is 13.9. The maximum absolute atomic E-state index is 3.57. The van der Waals surface area contributed by atoms with E-state index in [2.05, 4.69) is 70.8 Å². The lowest BCUT2D eigenvalue weighted by molar-refractivity contribution is 0.578. The van der Waals surface area contributed by atoms with Crippen LogP contribution < -0.4 is 5.32 Å². The molecule has 0 bridgehead atoms. The first-order valence-electron chi connectivity index (χ1n) is 6.74. The summed E-state index contributed by atoms with van der Waals surface area (Å²) >= 11 is 5.28. The van der Waals surface area contributed by atoms with E-state index in [0.717, 1.165) is 6.54 Å². The topological polar surface area (TPSA) is 12.0 Å². The number of benzene rings is 1. The van der Waals surface area contributed by atoms with Gasteiger partial charge >= 0.3 is 0 Å². The molecule has 1 atom stereocenters. The van der Waals surface area contributed by atoms with E-state index in [1.54, 1.807) is 11.3 Å². The Labute approximate surface area is 128 Å². The molecular formula is C16H20BrNS. The van der Waals surface area contributed by atoms with E-state index in [1.807, 2.05) is 0 Å². The Bertz CT molecular complexity index is 504. The van der Waals surface area contributed by atoms with Gasteiger partial charge < -0.3 is 5.32 Å². The average molecular weight is 338 g/mol. The number of hydrogen-bond acceptors (Lipinski definition) is 2. The van der Waals surface area contributed by atoms with E-state index in [-0.39, 0.29) is 0 Å². The van der Waals surface area contributed by atoms with Crippen molar-refractivity contribution in [2.75, 3.05) is 0 Å². The highest BCUT2D eigenvalue weighted by atomic mass is 79.9.